The number of hydrogen-bond acceptors (Lipinski definition) is 4. The fourth-order valence-corrected chi connectivity index (χ4v) is 1.99. The summed E-state index contributed by atoms with van der Waals surface area (Å²) in [5.74, 6) is 0.221. The van der Waals surface area contributed by atoms with Gasteiger partial charge < -0.3 is 10.6 Å². The lowest BCUT2D eigenvalue weighted by molar-refractivity contribution is -0.122. The lowest BCUT2D eigenvalue weighted by Crippen LogP contribution is -2.42. The summed E-state index contributed by atoms with van der Waals surface area (Å²) in [7, 11) is 1.58. The molecule has 1 unspecified atom stereocenters. The second kappa shape index (κ2) is 5.73. The number of carbonyl (C=O) groups is 1. The van der Waals surface area contributed by atoms with Crippen molar-refractivity contribution in [2.75, 3.05) is 12.4 Å². The van der Waals surface area contributed by atoms with Crippen molar-refractivity contribution >= 4 is 22.8 Å². The second-order valence-electron chi connectivity index (χ2n) is 4.91. The monoisotopic (exact) mass is 274 g/mol. The Labute approximate surface area is 116 Å². The number of rotatable bonds is 4. The predicted octanol–water partition coefficient (Wildman–Crippen LogP) is 1.11. The number of nitrogens with one attached hydrogen (secondary N) is 3. The third-order valence-electron chi connectivity index (χ3n) is 3.10. The number of anilines is 1. The molecule has 1 aromatic heterocycles. The molecule has 106 valence electrons. The number of carbonyl (C=O) groups excluding carboxylic acids is 1. The van der Waals surface area contributed by atoms with Crippen molar-refractivity contribution in [3.05, 3.63) is 34.6 Å². The van der Waals surface area contributed by atoms with E-state index in [1.807, 2.05) is 19.9 Å². The molecule has 20 heavy (non-hydrogen) atoms. The number of likely N-dealkylation sites (N-methyl/N-ethyl adjacent to an activating group) is 1. The van der Waals surface area contributed by atoms with Crippen molar-refractivity contribution < 1.29 is 4.79 Å². The summed E-state index contributed by atoms with van der Waals surface area (Å²) in [5, 5.41) is 6.11. The molecule has 1 aromatic carbocycles. The third-order valence-corrected chi connectivity index (χ3v) is 3.10. The van der Waals surface area contributed by atoms with Gasteiger partial charge in [0.05, 0.1) is 10.9 Å². The topological polar surface area (TPSA) is 86.9 Å². The fraction of sp³-hybridized carbons (Fsp3) is 0.357. The number of benzene rings is 1. The zero-order valence-corrected chi connectivity index (χ0v) is 11.7. The molecule has 0 aliphatic carbocycles. The molecule has 0 saturated carbocycles. The Morgan fingerprint density at radius 1 is 1.30 bits per heavy atom. The average Bonchev–Trinajstić information content (AvgIpc) is 2.43. The largest absolute Gasteiger partial charge is 0.357 e. The van der Waals surface area contributed by atoms with E-state index in [4.69, 9.17) is 0 Å². The zero-order chi connectivity index (χ0) is 14.7. The number of aromatic amines is 1. The highest BCUT2D eigenvalue weighted by molar-refractivity contribution is 5.84. The molecule has 1 amide bonds. The number of hydrogen-bond donors (Lipinski definition) is 3. The molecule has 0 saturated heterocycles. The van der Waals surface area contributed by atoms with Gasteiger partial charge in [-0.05, 0) is 18.1 Å². The molecule has 0 fully saturated rings. The van der Waals surface area contributed by atoms with E-state index in [9.17, 15) is 9.59 Å². The van der Waals surface area contributed by atoms with E-state index in [1.54, 1.807) is 25.2 Å². The SMILES string of the molecule is CNC(=O)C(Nc1nc2ccccc2c(=O)[nH]1)C(C)C. The lowest BCUT2D eigenvalue weighted by Gasteiger charge is -2.20. The van der Waals surface area contributed by atoms with E-state index < -0.39 is 6.04 Å². The normalized spacial score (nSPS) is 12.4. The van der Waals surface area contributed by atoms with E-state index in [0.717, 1.165) is 0 Å². The highest BCUT2D eigenvalue weighted by atomic mass is 16.2. The van der Waals surface area contributed by atoms with Crippen LogP contribution in [0.2, 0.25) is 0 Å². The summed E-state index contributed by atoms with van der Waals surface area (Å²) in [6, 6.07) is 6.62. The fourth-order valence-electron chi connectivity index (χ4n) is 1.99. The smallest absolute Gasteiger partial charge is 0.260 e. The maximum Gasteiger partial charge on any atom is 0.260 e. The molecule has 0 spiro atoms. The highest BCUT2D eigenvalue weighted by Crippen LogP contribution is 2.11. The van der Waals surface area contributed by atoms with Gasteiger partial charge in [0.2, 0.25) is 11.9 Å². The Morgan fingerprint density at radius 3 is 2.65 bits per heavy atom. The highest BCUT2D eigenvalue weighted by Gasteiger charge is 2.21. The van der Waals surface area contributed by atoms with Crippen LogP contribution in [-0.4, -0.2) is 29.0 Å². The van der Waals surface area contributed by atoms with Crippen LogP contribution in [0.3, 0.4) is 0 Å². The van der Waals surface area contributed by atoms with Crippen molar-refractivity contribution in [1.82, 2.24) is 15.3 Å². The van der Waals surface area contributed by atoms with Crippen LogP contribution in [-0.2, 0) is 4.79 Å². The van der Waals surface area contributed by atoms with Crippen molar-refractivity contribution in [3.8, 4) is 0 Å². The van der Waals surface area contributed by atoms with Crippen LogP contribution >= 0.6 is 0 Å². The van der Waals surface area contributed by atoms with Crippen LogP contribution in [0.25, 0.3) is 10.9 Å². The van der Waals surface area contributed by atoms with E-state index in [-0.39, 0.29) is 17.4 Å². The molecular weight excluding hydrogens is 256 g/mol. The molecule has 2 rings (SSSR count). The Kier molecular flexibility index (Phi) is 4.02. The number of amides is 1. The Hall–Kier alpha value is -2.37. The van der Waals surface area contributed by atoms with Gasteiger partial charge in [-0.3, -0.25) is 14.6 Å². The second-order valence-corrected chi connectivity index (χ2v) is 4.91. The number of aromatic nitrogens is 2. The summed E-state index contributed by atoms with van der Waals surface area (Å²) < 4.78 is 0. The molecule has 1 heterocycles. The standard InChI is InChI=1S/C14H18N4O2/c1-8(2)11(13(20)15-3)17-14-16-10-7-5-4-6-9(10)12(19)18-14/h4-8,11H,1-3H3,(H,15,20)(H2,16,17,18,19). The minimum Gasteiger partial charge on any atom is -0.357 e. The van der Waals surface area contributed by atoms with E-state index in [0.29, 0.717) is 16.9 Å². The molecule has 2 aromatic rings. The lowest BCUT2D eigenvalue weighted by atomic mass is 10.0. The van der Waals surface area contributed by atoms with Gasteiger partial charge >= 0.3 is 0 Å². The minimum absolute atomic E-state index is 0.0618. The van der Waals surface area contributed by atoms with Crippen molar-refractivity contribution in [2.24, 2.45) is 5.92 Å². The van der Waals surface area contributed by atoms with Crippen LogP contribution in [0.5, 0.6) is 0 Å². The number of nitrogens with zero attached hydrogens (tertiary/aromatic N) is 1. The first kappa shape index (κ1) is 14.0. The maximum atomic E-state index is 12.0. The quantitative estimate of drug-likeness (QED) is 0.779. The summed E-state index contributed by atoms with van der Waals surface area (Å²) in [6.45, 7) is 3.85. The molecule has 0 radical (unpaired) electrons. The van der Waals surface area contributed by atoms with Crippen molar-refractivity contribution in [1.29, 1.82) is 0 Å². The summed E-state index contributed by atoms with van der Waals surface area (Å²) in [5.41, 5.74) is 0.371. The summed E-state index contributed by atoms with van der Waals surface area (Å²) in [4.78, 5) is 30.8. The molecule has 6 heteroatoms. The van der Waals surface area contributed by atoms with E-state index >= 15 is 0 Å². The van der Waals surface area contributed by atoms with Crippen LogP contribution in [0.15, 0.2) is 29.1 Å². The molecule has 0 aliphatic rings. The summed E-state index contributed by atoms with van der Waals surface area (Å²) >= 11 is 0. The van der Waals surface area contributed by atoms with Gasteiger partial charge in [0.1, 0.15) is 6.04 Å². The number of para-hydroxylation sites is 1. The maximum absolute atomic E-state index is 12.0. The first-order valence-electron chi connectivity index (χ1n) is 6.50. The molecule has 1 atom stereocenters. The molecular formula is C14H18N4O2. The van der Waals surface area contributed by atoms with Gasteiger partial charge in [-0.2, -0.15) is 0 Å². The third kappa shape index (κ3) is 2.79. The van der Waals surface area contributed by atoms with Gasteiger partial charge in [0.15, 0.2) is 0 Å². The van der Waals surface area contributed by atoms with Gasteiger partial charge in [0, 0.05) is 7.05 Å². The minimum atomic E-state index is -0.454. The van der Waals surface area contributed by atoms with E-state index in [2.05, 4.69) is 20.6 Å². The summed E-state index contributed by atoms with van der Waals surface area (Å²) in [6.07, 6.45) is 0. The Balaban J connectivity index is 2.38. The van der Waals surface area contributed by atoms with Crippen LogP contribution in [0.4, 0.5) is 5.95 Å². The van der Waals surface area contributed by atoms with Crippen LogP contribution in [0, 0.1) is 5.92 Å². The first-order chi connectivity index (χ1) is 9.52. The first-order valence-corrected chi connectivity index (χ1v) is 6.50. The van der Waals surface area contributed by atoms with Crippen LogP contribution in [0.1, 0.15) is 13.8 Å². The van der Waals surface area contributed by atoms with Crippen molar-refractivity contribution in [2.45, 2.75) is 19.9 Å². The zero-order valence-electron chi connectivity index (χ0n) is 11.7. The van der Waals surface area contributed by atoms with Crippen molar-refractivity contribution in [3.63, 3.8) is 0 Å². The molecule has 0 aliphatic heterocycles. The van der Waals surface area contributed by atoms with Gasteiger partial charge in [-0.1, -0.05) is 26.0 Å². The number of H-pyrrole nitrogens is 1. The Morgan fingerprint density at radius 2 is 2.00 bits per heavy atom. The van der Waals surface area contributed by atoms with Gasteiger partial charge in [-0.25, -0.2) is 4.98 Å². The molecule has 0 bridgehead atoms. The average molecular weight is 274 g/mol. The van der Waals surface area contributed by atoms with Gasteiger partial charge in [0.25, 0.3) is 5.56 Å². The number of fused-ring (bicyclic) bond motifs is 1. The molecule has 6 nitrogen and oxygen atoms in total. The predicted molar refractivity (Wildman–Crippen MR) is 78.7 cm³/mol. The van der Waals surface area contributed by atoms with E-state index in [1.165, 1.54) is 0 Å². The van der Waals surface area contributed by atoms with Crippen LogP contribution < -0.4 is 16.2 Å². The molecule has 3 N–H and O–H groups in total. The van der Waals surface area contributed by atoms with Gasteiger partial charge in [-0.15, -0.1) is 0 Å². The Bertz CT molecular complexity index is 678.